The minimum atomic E-state index is -0.474. The molecule has 0 atom stereocenters. The van der Waals surface area contributed by atoms with Crippen LogP contribution in [-0.4, -0.2) is 32.1 Å². The van der Waals surface area contributed by atoms with Crippen LogP contribution in [0, 0.1) is 0 Å². The average molecular weight is 798 g/mol. The van der Waals surface area contributed by atoms with Gasteiger partial charge in [-0.05, 0) is 77.0 Å². The molecule has 2 N–H and O–H groups in total. The van der Waals surface area contributed by atoms with Gasteiger partial charge in [-0.3, -0.25) is 0 Å². The average Bonchev–Trinajstić information content (AvgIpc) is 3.10. The quantitative estimate of drug-likeness (QED) is 0.155. The van der Waals surface area contributed by atoms with Gasteiger partial charge in [-0.2, -0.15) is 0 Å². The van der Waals surface area contributed by atoms with E-state index >= 15 is 0 Å². The summed E-state index contributed by atoms with van der Waals surface area (Å²) in [5, 5.41) is 2.10. The van der Waals surface area contributed by atoms with Crippen molar-refractivity contribution in [1.82, 2.24) is 0 Å². The number of nitrogens with two attached hydrogens (primary N) is 1. The fourth-order valence-corrected chi connectivity index (χ4v) is 12.8. The van der Waals surface area contributed by atoms with Crippen LogP contribution in [0.25, 0.3) is 11.1 Å². The Kier molecular flexibility index (Phi) is 16.0. The van der Waals surface area contributed by atoms with Gasteiger partial charge in [-0.15, -0.1) is 0 Å². The summed E-state index contributed by atoms with van der Waals surface area (Å²) >= 11 is 10.2. The van der Waals surface area contributed by atoms with Crippen molar-refractivity contribution in [3.63, 3.8) is 0 Å². The van der Waals surface area contributed by atoms with Crippen LogP contribution in [0.1, 0.15) is 146 Å². The number of halogens is 1. The molecule has 0 heterocycles. The van der Waals surface area contributed by atoms with E-state index in [1.807, 2.05) is 38.5 Å². The third kappa shape index (κ3) is 9.93. The van der Waals surface area contributed by atoms with Gasteiger partial charge in [0.1, 0.15) is 11.5 Å². The molecular weight excluding hydrogens is 735 g/mol. The Balaban J connectivity index is 0.000000463. The molecule has 2 fully saturated rings. The number of hydrogen-bond acceptors (Lipinski definition) is 3. The summed E-state index contributed by atoms with van der Waals surface area (Å²) in [7, 11) is 3.17. The molecule has 0 unspecified atom stereocenters. The number of rotatable bonds is 11. The van der Waals surface area contributed by atoms with E-state index in [1.54, 1.807) is 0 Å². The van der Waals surface area contributed by atoms with Crippen molar-refractivity contribution in [1.29, 1.82) is 0 Å². The normalized spacial score (nSPS) is 16.0. The monoisotopic (exact) mass is 796 g/mol. The molecule has 0 spiro atoms. The van der Waals surface area contributed by atoms with Gasteiger partial charge in [0.05, 0.1) is 19.2 Å². The van der Waals surface area contributed by atoms with Crippen molar-refractivity contribution in [3.05, 3.63) is 69.7 Å². The summed E-state index contributed by atoms with van der Waals surface area (Å²) in [5.74, 6) is 3.09. The topological polar surface area (TPSA) is 44.5 Å². The molecule has 0 bridgehead atoms. The van der Waals surface area contributed by atoms with Gasteiger partial charge in [-0.25, -0.2) is 0 Å². The number of ether oxygens (including phenoxy) is 2. The zero-order valence-electron chi connectivity index (χ0n) is 31.4. The Hall–Kier alpha value is -1.40. The van der Waals surface area contributed by atoms with E-state index in [2.05, 4.69) is 78.9 Å². The van der Waals surface area contributed by atoms with Crippen LogP contribution >= 0.6 is 19.5 Å². The second-order valence-electron chi connectivity index (χ2n) is 14.9. The van der Waals surface area contributed by atoms with Gasteiger partial charge in [0.25, 0.3) is 0 Å². The van der Waals surface area contributed by atoms with Crippen molar-refractivity contribution in [2.45, 2.75) is 141 Å². The summed E-state index contributed by atoms with van der Waals surface area (Å²) in [5.41, 5.74) is 15.1. The van der Waals surface area contributed by atoms with Crippen LogP contribution < -0.4 is 24.5 Å². The molecule has 3 nitrogen and oxygen atoms in total. The first-order valence-electron chi connectivity index (χ1n) is 18.8. The van der Waals surface area contributed by atoms with Crippen LogP contribution in [0.5, 0.6) is 11.5 Å². The first-order valence-corrected chi connectivity index (χ1v) is 21.5. The van der Waals surface area contributed by atoms with Crippen LogP contribution in [0.2, 0.25) is 5.02 Å². The molecule has 273 valence electrons. The van der Waals surface area contributed by atoms with Gasteiger partial charge < -0.3 is 9.47 Å². The standard InChI is InChI=1S/C35H52ClO2P.C8H10N.Pd/c1-22(2)25-19-28(23(3)4)32(29(20-25)24(5)6)33-31(37-7)21-30(36)34(38-8)35(33)39(26-15-11-9-12-16-26)27-17-13-10-14-18-27;9-7-6-8-4-2-1-3-5-8;/h19-24,26-27H,9-18H2,1-8H3;1-4H,6-7,9H2;. The summed E-state index contributed by atoms with van der Waals surface area (Å²) in [6, 6.07) is 15.2. The molecule has 5 rings (SSSR count). The molecule has 0 saturated heterocycles. The van der Waals surface area contributed by atoms with Gasteiger partial charge in [-0.1, -0.05) is 112 Å². The first kappa shape index (κ1) is 40.4. The molecule has 2 saturated carbocycles. The molecule has 3 aromatic rings. The maximum atomic E-state index is 7.07. The van der Waals surface area contributed by atoms with Crippen LogP contribution in [0.15, 0.2) is 42.5 Å². The van der Waals surface area contributed by atoms with Crippen molar-refractivity contribution >= 4 is 28.9 Å². The van der Waals surface area contributed by atoms with E-state index in [9.17, 15) is 0 Å². The Morgan fingerprint density at radius 1 is 0.755 bits per heavy atom. The van der Waals surface area contributed by atoms with Crippen molar-refractivity contribution in [3.8, 4) is 22.6 Å². The zero-order chi connectivity index (χ0) is 35.7. The van der Waals surface area contributed by atoms with E-state index in [0.717, 1.165) is 29.2 Å². The number of hydrogen-bond donors (Lipinski definition) is 1. The van der Waals surface area contributed by atoms with E-state index < -0.39 is 7.92 Å². The Morgan fingerprint density at radius 2 is 1.29 bits per heavy atom. The second kappa shape index (κ2) is 19.4. The maximum absolute atomic E-state index is 7.07. The summed E-state index contributed by atoms with van der Waals surface area (Å²) in [6.07, 6.45) is 14.4. The van der Waals surface area contributed by atoms with Crippen molar-refractivity contribution < 1.29 is 28.7 Å². The Bertz CT molecular complexity index is 1450. The van der Waals surface area contributed by atoms with Crippen molar-refractivity contribution in [2.75, 3.05) is 20.8 Å². The molecule has 0 radical (unpaired) electrons. The Morgan fingerprint density at radius 3 is 1.71 bits per heavy atom. The van der Waals surface area contributed by atoms with E-state index in [4.69, 9.17) is 26.8 Å². The molecule has 6 heteroatoms. The number of methoxy groups -OCH3 is 2. The zero-order valence-corrected chi connectivity index (χ0v) is 34.7. The first-order chi connectivity index (χ1) is 23.5. The fraction of sp³-hybridized carbons (Fsp3) is 0.581. The van der Waals surface area contributed by atoms with Crippen molar-refractivity contribution in [2.24, 2.45) is 5.73 Å². The summed E-state index contributed by atoms with van der Waals surface area (Å²) in [4.78, 5) is 0. The summed E-state index contributed by atoms with van der Waals surface area (Å²) in [6.45, 7) is 14.7. The van der Waals surface area contributed by atoms with E-state index in [0.29, 0.717) is 29.3 Å². The van der Waals surface area contributed by atoms with Gasteiger partial charge in [0, 0.05) is 16.9 Å². The Labute approximate surface area is 316 Å². The molecule has 2 aliphatic rings. The van der Waals surface area contributed by atoms with Crippen LogP contribution in [-0.2, 0) is 25.6 Å². The molecule has 49 heavy (non-hydrogen) atoms. The fourth-order valence-electron chi connectivity index (χ4n) is 7.90. The molecule has 0 amide bonds. The molecule has 2 aliphatic carbocycles. The third-order valence-electron chi connectivity index (χ3n) is 10.5. The third-order valence-corrected chi connectivity index (χ3v) is 15.1. The SMILES string of the molecule is COc1cc(Cl)c(OC)c(P(C2CCCCC2)C2CCCCC2)c1-c1c(C(C)C)cc(C(C)C)cc1C(C)C.NCCc1cccc[c]1[Pd]. The summed E-state index contributed by atoms with van der Waals surface area (Å²) < 4.78 is 13.7. The second-order valence-corrected chi connectivity index (χ2v) is 18.9. The predicted octanol–water partition coefficient (Wildman–Crippen LogP) is 11.5. The van der Waals surface area contributed by atoms with E-state index in [1.165, 1.54) is 107 Å². The van der Waals surface area contributed by atoms with Gasteiger partial charge >= 0.3 is 71.8 Å². The molecular formula is C43H62ClNO2PPd. The van der Waals surface area contributed by atoms with Gasteiger partial charge in [0.15, 0.2) is 0 Å². The predicted molar refractivity (Wildman–Crippen MR) is 211 cm³/mol. The van der Waals surface area contributed by atoms with Crippen LogP contribution in [0.3, 0.4) is 0 Å². The van der Waals surface area contributed by atoms with Gasteiger partial charge in [0.2, 0.25) is 0 Å². The molecule has 3 aromatic carbocycles. The number of benzene rings is 3. The van der Waals surface area contributed by atoms with E-state index in [-0.39, 0.29) is 0 Å². The molecule has 0 aromatic heterocycles. The van der Waals surface area contributed by atoms with Crippen LogP contribution in [0.4, 0.5) is 0 Å². The minimum absolute atomic E-state index is 0.394. The molecule has 0 aliphatic heterocycles.